The van der Waals surface area contributed by atoms with Gasteiger partial charge in [-0.15, -0.1) is 0 Å². The largest absolute Gasteiger partial charge is 0.464 e. The lowest BCUT2D eigenvalue weighted by Gasteiger charge is -2.20. The number of para-hydroxylation sites is 1. The number of nitrogens with zero attached hydrogens (tertiary/aromatic N) is 1. The Morgan fingerprint density at radius 1 is 1.26 bits per heavy atom. The molecule has 0 bridgehead atoms. The molecule has 1 N–H and O–H groups in total. The Kier molecular flexibility index (Phi) is 2.91. The summed E-state index contributed by atoms with van der Waals surface area (Å²) in [5.41, 5.74) is 2.76. The van der Waals surface area contributed by atoms with Gasteiger partial charge in [0.05, 0.1) is 23.1 Å². The van der Waals surface area contributed by atoms with Gasteiger partial charge in [0.25, 0.3) is 0 Å². The number of anilines is 1. The summed E-state index contributed by atoms with van der Waals surface area (Å²) < 4.78 is 10.6. The van der Waals surface area contributed by atoms with E-state index in [4.69, 9.17) is 8.94 Å². The number of nitrogens with one attached hydrogen (secondary N) is 1. The molecule has 116 valence electrons. The van der Waals surface area contributed by atoms with Gasteiger partial charge in [-0.2, -0.15) is 0 Å². The molecule has 0 saturated carbocycles. The second-order valence-electron chi connectivity index (χ2n) is 6.10. The van der Waals surface area contributed by atoms with E-state index in [9.17, 15) is 4.79 Å². The maximum Gasteiger partial charge on any atom is 0.235 e. The number of benzene rings is 1. The van der Waals surface area contributed by atoms with Crippen molar-refractivity contribution < 1.29 is 13.7 Å². The van der Waals surface area contributed by atoms with Crippen LogP contribution in [0.15, 0.2) is 51.6 Å². The first kappa shape index (κ1) is 13.8. The van der Waals surface area contributed by atoms with Crippen molar-refractivity contribution in [2.75, 3.05) is 5.32 Å². The highest BCUT2D eigenvalue weighted by atomic mass is 16.5. The molecular weight excluding hydrogens is 292 g/mol. The Balaban J connectivity index is 1.81. The van der Waals surface area contributed by atoms with Crippen LogP contribution in [-0.2, 0) is 16.6 Å². The topological polar surface area (TPSA) is 68.3 Å². The van der Waals surface area contributed by atoms with Gasteiger partial charge < -0.3 is 14.3 Å². The number of furan rings is 1. The standard InChI is InChI=1S/C18H16N2O3/c1-11-9-12(20-23-11)10-18(2)14-6-3-5-13(15-7-4-8-22-15)16(14)19-17(18)21/h3-9H,10H2,1-2H3,(H,19,21). The Hall–Kier alpha value is -2.82. The highest BCUT2D eigenvalue weighted by molar-refractivity contribution is 6.09. The number of aryl methyl sites for hydroxylation is 1. The fourth-order valence-electron chi connectivity index (χ4n) is 3.20. The highest BCUT2D eigenvalue weighted by Gasteiger charge is 2.44. The van der Waals surface area contributed by atoms with Crippen molar-refractivity contribution in [1.29, 1.82) is 0 Å². The molecule has 1 aromatic carbocycles. The quantitative estimate of drug-likeness (QED) is 0.801. The number of carbonyl (C=O) groups is 1. The summed E-state index contributed by atoms with van der Waals surface area (Å²) in [5.74, 6) is 1.45. The van der Waals surface area contributed by atoms with E-state index in [1.165, 1.54) is 0 Å². The van der Waals surface area contributed by atoms with Crippen molar-refractivity contribution in [3.05, 3.63) is 59.7 Å². The molecule has 1 unspecified atom stereocenters. The zero-order valence-electron chi connectivity index (χ0n) is 12.9. The molecule has 3 aromatic rings. The van der Waals surface area contributed by atoms with E-state index in [-0.39, 0.29) is 5.91 Å². The van der Waals surface area contributed by atoms with Gasteiger partial charge in [-0.3, -0.25) is 4.79 Å². The maximum atomic E-state index is 12.7. The molecule has 5 heteroatoms. The third-order valence-electron chi connectivity index (χ3n) is 4.40. The third kappa shape index (κ3) is 2.08. The molecule has 2 aromatic heterocycles. The van der Waals surface area contributed by atoms with Crippen LogP contribution in [0.25, 0.3) is 11.3 Å². The SMILES string of the molecule is Cc1cc(CC2(C)C(=O)Nc3c(-c4ccco4)cccc32)no1. The predicted molar refractivity (Wildman–Crippen MR) is 85.1 cm³/mol. The van der Waals surface area contributed by atoms with Gasteiger partial charge in [0, 0.05) is 18.1 Å². The fraction of sp³-hybridized carbons (Fsp3) is 0.222. The number of amides is 1. The Morgan fingerprint density at radius 2 is 2.13 bits per heavy atom. The smallest absolute Gasteiger partial charge is 0.235 e. The van der Waals surface area contributed by atoms with Crippen LogP contribution < -0.4 is 5.32 Å². The van der Waals surface area contributed by atoms with Crippen LogP contribution in [0.1, 0.15) is 23.9 Å². The van der Waals surface area contributed by atoms with Crippen molar-refractivity contribution in [2.45, 2.75) is 25.7 Å². The molecule has 4 rings (SSSR count). The van der Waals surface area contributed by atoms with Crippen LogP contribution in [-0.4, -0.2) is 11.1 Å². The molecule has 23 heavy (non-hydrogen) atoms. The van der Waals surface area contributed by atoms with Gasteiger partial charge >= 0.3 is 0 Å². The van der Waals surface area contributed by atoms with E-state index in [2.05, 4.69) is 10.5 Å². The van der Waals surface area contributed by atoms with Crippen molar-refractivity contribution >= 4 is 11.6 Å². The second kappa shape index (κ2) is 4.84. The minimum atomic E-state index is -0.679. The zero-order valence-corrected chi connectivity index (χ0v) is 12.9. The Morgan fingerprint density at radius 3 is 2.83 bits per heavy atom. The number of hydrogen-bond acceptors (Lipinski definition) is 4. The highest BCUT2D eigenvalue weighted by Crippen LogP contribution is 2.44. The average Bonchev–Trinajstić information content (AvgIpc) is 3.23. The summed E-state index contributed by atoms with van der Waals surface area (Å²) in [5, 5.41) is 7.05. The van der Waals surface area contributed by atoms with Crippen LogP contribution in [0.2, 0.25) is 0 Å². The molecule has 0 saturated heterocycles. The van der Waals surface area contributed by atoms with Gasteiger partial charge in [-0.25, -0.2) is 0 Å². The first-order chi connectivity index (χ1) is 11.1. The molecule has 1 amide bonds. The van der Waals surface area contributed by atoms with Gasteiger partial charge in [0.1, 0.15) is 11.5 Å². The molecular formula is C18H16N2O3. The molecule has 0 spiro atoms. The van der Waals surface area contributed by atoms with E-state index in [1.807, 2.05) is 50.2 Å². The van der Waals surface area contributed by atoms with Gasteiger partial charge in [0.2, 0.25) is 5.91 Å². The molecule has 0 fully saturated rings. The van der Waals surface area contributed by atoms with Crippen molar-refractivity contribution in [2.24, 2.45) is 0 Å². The van der Waals surface area contributed by atoms with Crippen LogP contribution in [0.5, 0.6) is 0 Å². The average molecular weight is 308 g/mol. The fourth-order valence-corrected chi connectivity index (χ4v) is 3.20. The van der Waals surface area contributed by atoms with Crippen molar-refractivity contribution in [3.8, 4) is 11.3 Å². The lowest BCUT2D eigenvalue weighted by molar-refractivity contribution is -0.120. The molecule has 3 heterocycles. The van der Waals surface area contributed by atoms with E-state index in [1.54, 1.807) is 6.26 Å². The Labute approximate surface area is 133 Å². The summed E-state index contributed by atoms with van der Waals surface area (Å²) in [6.45, 7) is 3.78. The van der Waals surface area contributed by atoms with Gasteiger partial charge in [0.15, 0.2) is 0 Å². The number of carbonyl (C=O) groups excluding carboxylic acids is 1. The number of fused-ring (bicyclic) bond motifs is 1. The molecule has 5 nitrogen and oxygen atoms in total. The third-order valence-corrected chi connectivity index (χ3v) is 4.40. The van der Waals surface area contributed by atoms with Crippen molar-refractivity contribution in [1.82, 2.24) is 5.16 Å². The summed E-state index contributed by atoms with van der Waals surface area (Å²) in [6.07, 6.45) is 2.12. The summed E-state index contributed by atoms with van der Waals surface area (Å²) in [6, 6.07) is 11.5. The lowest BCUT2D eigenvalue weighted by Crippen LogP contribution is -2.33. The van der Waals surface area contributed by atoms with E-state index >= 15 is 0 Å². The van der Waals surface area contributed by atoms with Crippen molar-refractivity contribution in [3.63, 3.8) is 0 Å². The number of hydrogen-bond donors (Lipinski definition) is 1. The summed E-state index contributed by atoms with van der Waals surface area (Å²) in [7, 11) is 0. The molecule has 0 aliphatic carbocycles. The van der Waals surface area contributed by atoms with Gasteiger partial charge in [-0.05, 0) is 37.6 Å². The lowest BCUT2D eigenvalue weighted by atomic mass is 9.79. The molecule has 1 atom stereocenters. The number of aromatic nitrogens is 1. The zero-order chi connectivity index (χ0) is 16.0. The maximum absolute atomic E-state index is 12.7. The monoisotopic (exact) mass is 308 g/mol. The minimum absolute atomic E-state index is 0.0350. The minimum Gasteiger partial charge on any atom is -0.464 e. The predicted octanol–water partition coefficient (Wildman–Crippen LogP) is 3.70. The van der Waals surface area contributed by atoms with Gasteiger partial charge in [-0.1, -0.05) is 17.3 Å². The van der Waals surface area contributed by atoms with E-state index in [0.717, 1.165) is 34.0 Å². The van der Waals surface area contributed by atoms with Crippen LogP contribution >= 0.6 is 0 Å². The Bertz CT molecular complexity index is 880. The normalized spacial score (nSPS) is 19.7. The van der Waals surface area contributed by atoms with Crippen LogP contribution in [0.4, 0.5) is 5.69 Å². The summed E-state index contributed by atoms with van der Waals surface area (Å²) in [4.78, 5) is 12.7. The molecule has 1 aliphatic rings. The van der Waals surface area contributed by atoms with Crippen LogP contribution in [0.3, 0.4) is 0 Å². The summed E-state index contributed by atoms with van der Waals surface area (Å²) >= 11 is 0. The van der Waals surface area contributed by atoms with E-state index < -0.39 is 5.41 Å². The van der Waals surface area contributed by atoms with E-state index in [0.29, 0.717) is 6.42 Å². The first-order valence-corrected chi connectivity index (χ1v) is 7.49. The molecule has 1 aliphatic heterocycles. The van der Waals surface area contributed by atoms with Crippen LogP contribution in [0, 0.1) is 6.92 Å². The molecule has 0 radical (unpaired) electrons. The number of rotatable bonds is 3. The second-order valence-corrected chi connectivity index (χ2v) is 6.10. The first-order valence-electron chi connectivity index (χ1n) is 7.49.